The molecule has 5 rings (SSSR count). The monoisotopic (exact) mass is 493 g/mol. The van der Waals surface area contributed by atoms with Gasteiger partial charge in [0.1, 0.15) is 22.8 Å². The molecule has 0 amide bonds. The van der Waals surface area contributed by atoms with E-state index in [0.29, 0.717) is 55.7 Å². The average molecular weight is 494 g/mol. The number of benzene rings is 1. The zero-order valence-corrected chi connectivity index (χ0v) is 20.6. The lowest BCUT2D eigenvalue weighted by Gasteiger charge is -2.36. The highest BCUT2D eigenvalue weighted by molar-refractivity contribution is 5.83. The first-order valence-electron chi connectivity index (χ1n) is 11.9. The van der Waals surface area contributed by atoms with Crippen LogP contribution in [0, 0.1) is 11.6 Å². The molecular weight excluding hydrogens is 464 g/mol. The summed E-state index contributed by atoms with van der Waals surface area (Å²) in [7, 11) is 1.86. The maximum Gasteiger partial charge on any atom is 0.156 e. The van der Waals surface area contributed by atoms with Crippen molar-refractivity contribution < 1.29 is 13.9 Å². The minimum Gasteiger partial charge on any atom is -0.390 e. The highest BCUT2D eigenvalue weighted by Gasteiger charge is 2.24. The number of aryl methyl sites for hydroxylation is 1. The number of hydrogen-bond acceptors (Lipinski definition) is 7. The predicted molar refractivity (Wildman–Crippen MR) is 133 cm³/mol. The second-order valence-corrected chi connectivity index (χ2v) is 9.95. The van der Waals surface area contributed by atoms with Crippen LogP contribution >= 0.6 is 0 Å². The molecule has 0 radical (unpaired) electrons. The summed E-state index contributed by atoms with van der Waals surface area (Å²) in [6.45, 7) is 6.68. The summed E-state index contributed by atoms with van der Waals surface area (Å²) in [6.07, 6.45) is 5.79. The van der Waals surface area contributed by atoms with Crippen molar-refractivity contribution in [2.24, 2.45) is 7.05 Å². The van der Waals surface area contributed by atoms with E-state index in [2.05, 4.69) is 19.9 Å². The van der Waals surface area contributed by atoms with Gasteiger partial charge in [-0.2, -0.15) is 5.10 Å². The maximum atomic E-state index is 14.1. The second kappa shape index (κ2) is 9.51. The lowest BCUT2D eigenvalue weighted by atomic mass is 10.0. The maximum absolute atomic E-state index is 14.1. The van der Waals surface area contributed by atoms with E-state index in [4.69, 9.17) is 9.97 Å². The molecule has 10 heteroatoms. The fourth-order valence-corrected chi connectivity index (χ4v) is 4.50. The van der Waals surface area contributed by atoms with Crippen molar-refractivity contribution in [3.8, 4) is 11.3 Å². The van der Waals surface area contributed by atoms with Gasteiger partial charge in [-0.15, -0.1) is 0 Å². The number of aliphatic hydroxyl groups is 1. The van der Waals surface area contributed by atoms with Crippen LogP contribution in [0.2, 0.25) is 0 Å². The Morgan fingerprint density at radius 1 is 1.00 bits per heavy atom. The first-order chi connectivity index (χ1) is 17.1. The third kappa shape index (κ3) is 5.34. The third-order valence-corrected chi connectivity index (χ3v) is 6.26. The molecule has 1 N–H and O–H groups in total. The smallest absolute Gasteiger partial charge is 0.156 e. The van der Waals surface area contributed by atoms with Crippen LogP contribution in [0.5, 0.6) is 0 Å². The molecular formula is C26H29F2N7O. The Morgan fingerprint density at radius 2 is 1.78 bits per heavy atom. The standard InChI is InChI=1S/C26H29F2N7O/c1-26(2,36)12-20-11-22-23(14-29-20)32-25(24(31-22)18-13-30-33(3)15-18)35-8-6-34(7-9-35)16-17-4-5-19(27)10-21(17)28/h4-5,10-11,13-15,36H,6-9,12,16H2,1-3H3. The van der Waals surface area contributed by atoms with E-state index < -0.39 is 17.2 Å². The normalized spacial score (nSPS) is 15.1. The summed E-state index contributed by atoms with van der Waals surface area (Å²) >= 11 is 0. The van der Waals surface area contributed by atoms with Crippen LogP contribution in [0.1, 0.15) is 25.1 Å². The summed E-state index contributed by atoms with van der Waals surface area (Å²) in [4.78, 5) is 18.7. The highest BCUT2D eigenvalue weighted by Crippen LogP contribution is 2.30. The van der Waals surface area contributed by atoms with E-state index in [1.165, 1.54) is 12.1 Å². The van der Waals surface area contributed by atoms with E-state index in [0.717, 1.165) is 28.8 Å². The highest BCUT2D eigenvalue weighted by atomic mass is 19.1. The molecule has 4 heterocycles. The number of anilines is 1. The Labute approximate surface area is 208 Å². The molecule has 0 aliphatic carbocycles. The molecule has 0 saturated carbocycles. The van der Waals surface area contributed by atoms with Crippen molar-refractivity contribution in [2.45, 2.75) is 32.4 Å². The van der Waals surface area contributed by atoms with Crippen molar-refractivity contribution in [2.75, 3.05) is 31.1 Å². The third-order valence-electron chi connectivity index (χ3n) is 6.26. The van der Waals surface area contributed by atoms with Crippen LogP contribution in [-0.2, 0) is 20.0 Å². The van der Waals surface area contributed by atoms with Gasteiger partial charge in [0.05, 0.1) is 23.5 Å². The molecule has 188 valence electrons. The zero-order valence-electron chi connectivity index (χ0n) is 20.6. The molecule has 0 unspecified atom stereocenters. The Balaban J connectivity index is 1.42. The zero-order chi connectivity index (χ0) is 25.4. The molecule has 0 bridgehead atoms. The largest absolute Gasteiger partial charge is 0.390 e. The average Bonchev–Trinajstić information content (AvgIpc) is 3.25. The minimum absolute atomic E-state index is 0.408. The van der Waals surface area contributed by atoms with Gasteiger partial charge in [-0.3, -0.25) is 14.6 Å². The SMILES string of the molecule is Cn1cc(-c2nc3cc(CC(C)(C)O)ncc3nc2N2CCN(Cc3ccc(F)cc3F)CC2)cn1. The van der Waals surface area contributed by atoms with E-state index in [1.807, 2.05) is 19.3 Å². The van der Waals surface area contributed by atoms with E-state index in [1.54, 1.807) is 30.9 Å². The topological polar surface area (TPSA) is 83.2 Å². The summed E-state index contributed by atoms with van der Waals surface area (Å²) < 4.78 is 29.1. The van der Waals surface area contributed by atoms with Crippen molar-refractivity contribution in [3.05, 3.63) is 65.7 Å². The predicted octanol–water partition coefficient (Wildman–Crippen LogP) is 3.34. The number of pyridine rings is 1. The summed E-state index contributed by atoms with van der Waals surface area (Å²) in [5, 5.41) is 14.5. The van der Waals surface area contributed by atoms with Gasteiger partial charge in [0.25, 0.3) is 0 Å². The van der Waals surface area contributed by atoms with Gasteiger partial charge in [-0.25, -0.2) is 18.7 Å². The van der Waals surface area contributed by atoms with Gasteiger partial charge < -0.3 is 10.0 Å². The van der Waals surface area contributed by atoms with Gasteiger partial charge >= 0.3 is 0 Å². The molecule has 3 aromatic heterocycles. The number of piperazine rings is 1. The second-order valence-electron chi connectivity index (χ2n) is 9.95. The van der Waals surface area contributed by atoms with Gasteiger partial charge in [0.15, 0.2) is 5.82 Å². The van der Waals surface area contributed by atoms with Crippen LogP contribution in [0.4, 0.5) is 14.6 Å². The minimum atomic E-state index is -0.878. The number of aromatic nitrogens is 5. The van der Waals surface area contributed by atoms with E-state index in [9.17, 15) is 13.9 Å². The first-order valence-corrected chi connectivity index (χ1v) is 11.9. The van der Waals surface area contributed by atoms with Crippen molar-refractivity contribution in [1.82, 2.24) is 29.6 Å². The molecule has 8 nitrogen and oxygen atoms in total. The quantitative estimate of drug-likeness (QED) is 0.441. The Kier molecular flexibility index (Phi) is 6.40. The molecule has 36 heavy (non-hydrogen) atoms. The number of fused-ring (bicyclic) bond motifs is 1. The van der Waals surface area contributed by atoms with E-state index >= 15 is 0 Å². The molecule has 1 saturated heterocycles. The van der Waals surface area contributed by atoms with Crippen LogP contribution in [0.15, 0.2) is 42.9 Å². The fourth-order valence-electron chi connectivity index (χ4n) is 4.50. The summed E-state index contributed by atoms with van der Waals surface area (Å²) in [5.74, 6) is -0.339. The fraction of sp³-hybridized carbons (Fsp3) is 0.385. The van der Waals surface area contributed by atoms with Gasteiger partial charge in [-0.1, -0.05) is 6.07 Å². The number of hydrogen-bond donors (Lipinski definition) is 1. The first kappa shape index (κ1) is 24.2. The molecule has 4 aromatic rings. The molecule has 1 aromatic carbocycles. The lowest BCUT2D eigenvalue weighted by molar-refractivity contribution is 0.0800. The van der Waals surface area contributed by atoms with Crippen LogP contribution in [0.3, 0.4) is 0 Å². The molecule has 0 spiro atoms. The Hall–Kier alpha value is -3.50. The van der Waals surface area contributed by atoms with Gasteiger partial charge in [0, 0.05) is 75.3 Å². The Morgan fingerprint density at radius 3 is 2.44 bits per heavy atom. The Bertz CT molecular complexity index is 1390. The molecule has 1 aliphatic rings. The summed E-state index contributed by atoms with van der Waals surface area (Å²) in [5.41, 5.74) is 3.32. The van der Waals surface area contributed by atoms with Crippen LogP contribution < -0.4 is 4.90 Å². The number of halogens is 2. The van der Waals surface area contributed by atoms with Crippen molar-refractivity contribution in [3.63, 3.8) is 0 Å². The number of nitrogens with zero attached hydrogens (tertiary/aromatic N) is 7. The molecule has 0 atom stereocenters. The van der Waals surface area contributed by atoms with Crippen LogP contribution in [-0.4, -0.2) is 66.5 Å². The summed E-state index contributed by atoms with van der Waals surface area (Å²) in [6, 6.07) is 5.60. The molecule has 1 aliphatic heterocycles. The van der Waals surface area contributed by atoms with Crippen molar-refractivity contribution in [1.29, 1.82) is 0 Å². The number of rotatable bonds is 6. The van der Waals surface area contributed by atoms with Crippen LogP contribution in [0.25, 0.3) is 22.3 Å². The van der Waals surface area contributed by atoms with Gasteiger partial charge in [-0.05, 0) is 26.0 Å². The van der Waals surface area contributed by atoms with Gasteiger partial charge in [0.2, 0.25) is 0 Å². The lowest BCUT2D eigenvalue weighted by Crippen LogP contribution is -2.46. The molecule has 1 fully saturated rings. The van der Waals surface area contributed by atoms with Crippen molar-refractivity contribution >= 4 is 16.9 Å². The van der Waals surface area contributed by atoms with E-state index in [-0.39, 0.29) is 0 Å².